The SMILES string of the molecule is Cc1cccc(C(=O)Nc2cc(S(=O)(=O)N3CCCCC3)ccc2N2CCN(C)CC2)c1. The van der Waals surface area contributed by atoms with Gasteiger partial charge in [-0.3, -0.25) is 4.79 Å². The molecule has 0 bridgehead atoms. The van der Waals surface area contributed by atoms with Gasteiger partial charge in [-0.15, -0.1) is 0 Å². The Morgan fingerprint density at radius 3 is 2.31 bits per heavy atom. The average molecular weight is 457 g/mol. The van der Waals surface area contributed by atoms with Crippen molar-refractivity contribution in [3.05, 3.63) is 53.6 Å². The Morgan fingerprint density at radius 1 is 0.906 bits per heavy atom. The van der Waals surface area contributed by atoms with Crippen molar-refractivity contribution in [3.63, 3.8) is 0 Å². The summed E-state index contributed by atoms with van der Waals surface area (Å²) in [6.45, 7) is 6.52. The number of nitrogens with zero attached hydrogens (tertiary/aromatic N) is 3. The second kappa shape index (κ2) is 9.60. The molecule has 2 aliphatic heterocycles. The number of carbonyl (C=O) groups excluding carboxylic acids is 1. The van der Waals surface area contributed by atoms with E-state index in [9.17, 15) is 13.2 Å². The molecule has 2 saturated heterocycles. The fraction of sp³-hybridized carbons (Fsp3) is 0.458. The summed E-state index contributed by atoms with van der Waals surface area (Å²) in [5.74, 6) is -0.239. The Hall–Kier alpha value is -2.42. The molecule has 0 aromatic heterocycles. The smallest absolute Gasteiger partial charge is 0.255 e. The molecule has 2 heterocycles. The van der Waals surface area contributed by atoms with Crippen LogP contribution in [-0.4, -0.2) is 69.8 Å². The summed E-state index contributed by atoms with van der Waals surface area (Å²) >= 11 is 0. The number of sulfonamides is 1. The van der Waals surface area contributed by atoms with Gasteiger partial charge >= 0.3 is 0 Å². The van der Waals surface area contributed by atoms with Crippen LogP contribution in [0.5, 0.6) is 0 Å². The zero-order valence-corrected chi connectivity index (χ0v) is 19.7. The van der Waals surface area contributed by atoms with E-state index in [1.165, 1.54) is 0 Å². The monoisotopic (exact) mass is 456 g/mol. The van der Waals surface area contributed by atoms with Crippen LogP contribution in [0.2, 0.25) is 0 Å². The predicted octanol–water partition coefficient (Wildman–Crippen LogP) is 3.17. The van der Waals surface area contributed by atoms with Gasteiger partial charge in [0.15, 0.2) is 0 Å². The highest BCUT2D eigenvalue weighted by atomic mass is 32.2. The first kappa shape index (κ1) is 22.8. The van der Waals surface area contributed by atoms with Crippen molar-refractivity contribution in [2.75, 3.05) is 56.5 Å². The van der Waals surface area contributed by atoms with Crippen molar-refractivity contribution in [1.82, 2.24) is 9.21 Å². The number of hydrogen-bond donors (Lipinski definition) is 1. The Morgan fingerprint density at radius 2 is 1.62 bits per heavy atom. The van der Waals surface area contributed by atoms with E-state index >= 15 is 0 Å². The van der Waals surface area contributed by atoms with Gasteiger partial charge in [-0.05, 0) is 57.1 Å². The normalized spacial score (nSPS) is 18.5. The molecule has 172 valence electrons. The van der Waals surface area contributed by atoms with E-state index in [1.54, 1.807) is 22.5 Å². The Bertz CT molecular complexity index is 1070. The third-order valence-electron chi connectivity index (χ3n) is 6.29. The molecule has 0 aliphatic carbocycles. The quantitative estimate of drug-likeness (QED) is 0.748. The van der Waals surface area contributed by atoms with Gasteiger partial charge in [-0.25, -0.2) is 8.42 Å². The summed E-state index contributed by atoms with van der Waals surface area (Å²) in [6, 6.07) is 12.5. The van der Waals surface area contributed by atoms with Crippen molar-refractivity contribution in [2.45, 2.75) is 31.1 Å². The third kappa shape index (κ3) is 4.98. The predicted molar refractivity (Wildman–Crippen MR) is 128 cm³/mol. The number of aryl methyl sites for hydroxylation is 1. The van der Waals surface area contributed by atoms with Crippen molar-refractivity contribution in [2.24, 2.45) is 0 Å². The van der Waals surface area contributed by atoms with Crippen LogP contribution in [0.4, 0.5) is 11.4 Å². The molecule has 7 nitrogen and oxygen atoms in total. The summed E-state index contributed by atoms with van der Waals surface area (Å²) < 4.78 is 28.1. The van der Waals surface area contributed by atoms with Crippen molar-refractivity contribution >= 4 is 27.3 Å². The van der Waals surface area contributed by atoms with Crippen LogP contribution < -0.4 is 10.2 Å². The number of likely N-dealkylation sites (N-methyl/N-ethyl adjacent to an activating group) is 1. The Kier molecular flexibility index (Phi) is 6.83. The number of amides is 1. The maximum atomic E-state index is 13.3. The van der Waals surface area contributed by atoms with Gasteiger partial charge in [0.25, 0.3) is 5.91 Å². The molecule has 4 rings (SSSR count). The second-order valence-electron chi connectivity index (χ2n) is 8.76. The van der Waals surface area contributed by atoms with E-state index in [-0.39, 0.29) is 10.8 Å². The van der Waals surface area contributed by atoms with Crippen LogP contribution in [-0.2, 0) is 10.0 Å². The van der Waals surface area contributed by atoms with Crippen molar-refractivity contribution < 1.29 is 13.2 Å². The maximum Gasteiger partial charge on any atom is 0.255 e. The van der Waals surface area contributed by atoms with Crippen LogP contribution in [0.1, 0.15) is 35.2 Å². The lowest BCUT2D eigenvalue weighted by Crippen LogP contribution is -2.44. The first-order chi connectivity index (χ1) is 15.3. The minimum Gasteiger partial charge on any atom is -0.367 e. The van der Waals surface area contributed by atoms with Crippen molar-refractivity contribution in [1.29, 1.82) is 0 Å². The zero-order valence-electron chi connectivity index (χ0n) is 18.9. The van der Waals surface area contributed by atoms with Crippen LogP contribution in [0, 0.1) is 6.92 Å². The molecule has 0 atom stereocenters. The first-order valence-corrected chi connectivity index (χ1v) is 12.7. The summed E-state index contributed by atoms with van der Waals surface area (Å²) in [5, 5.41) is 3.00. The zero-order chi connectivity index (χ0) is 22.7. The van der Waals surface area contributed by atoms with Crippen molar-refractivity contribution in [3.8, 4) is 0 Å². The van der Waals surface area contributed by atoms with Crippen LogP contribution in [0.15, 0.2) is 47.4 Å². The van der Waals surface area contributed by atoms with Gasteiger partial charge in [0.2, 0.25) is 10.0 Å². The Balaban J connectivity index is 1.68. The maximum absolute atomic E-state index is 13.3. The lowest BCUT2D eigenvalue weighted by atomic mass is 10.1. The summed E-state index contributed by atoms with van der Waals surface area (Å²) in [4.78, 5) is 17.7. The van der Waals surface area contributed by atoms with E-state index in [2.05, 4.69) is 22.2 Å². The average Bonchev–Trinajstić information content (AvgIpc) is 2.80. The van der Waals surface area contributed by atoms with E-state index in [4.69, 9.17) is 0 Å². The number of piperazine rings is 1. The first-order valence-electron chi connectivity index (χ1n) is 11.3. The molecule has 1 N–H and O–H groups in total. The van der Waals surface area contributed by atoms with Gasteiger partial charge in [0.05, 0.1) is 16.3 Å². The lowest BCUT2D eigenvalue weighted by molar-refractivity contribution is 0.102. The van der Waals surface area contributed by atoms with Gasteiger partial charge in [0.1, 0.15) is 0 Å². The van der Waals surface area contributed by atoms with Gasteiger partial charge in [0, 0.05) is 44.8 Å². The second-order valence-corrected chi connectivity index (χ2v) is 10.7. The number of rotatable bonds is 5. The van der Waals surface area contributed by atoms with Gasteiger partial charge in [-0.1, -0.05) is 24.1 Å². The highest BCUT2D eigenvalue weighted by Crippen LogP contribution is 2.32. The largest absolute Gasteiger partial charge is 0.367 e. The number of piperidine rings is 1. The number of anilines is 2. The van der Waals surface area contributed by atoms with Crippen LogP contribution in [0.25, 0.3) is 0 Å². The topological polar surface area (TPSA) is 73.0 Å². The Labute approximate surface area is 191 Å². The van der Waals surface area contributed by atoms with Gasteiger partial charge in [-0.2, -0.15) is 4.31 Å². The molecule has 2 aromatic carbocycles. The minimum absolute atomic E-state index is 0.233. The number of nitrogens with one attached hydrogen (secondary N) is 1. The van der Waals surface area contributed by atoms with E-state index < -0.39 is 10.0 Å². The third-order valence-corrected chi connectivity index (χ3v) is 8.19. The number of carbonyl (C=O) groups is 1. The minimum atomic E-state index is -3.59. The molecule has 1 amide bonds. The summed E-state index contributed by atoms with van der Waals surface area (Å²) in [6.07, 6.45) is 2.83. The highest BCUT2D eigenvalue weighted by molar-refractivity contribution is 7.89. The molecule has 32 heavy (non-hydrogen) atoms. The number of benzene rings is 2. The molecular formula is C24H32N4O3S. The molecule has 0 saturated carbocycles. The molecule has 2 aromatic rings. The van der Waals surface area contributed by atoms with Crippen LogP contribution in [0.3, 0.4) is 0 Å². The van der Waals surface area contributed by atoms with E-state index in [1.807, 2.05) is 31.2 Å². The van der Waals surface area contributed by atoms with E-state index in [0.29, 0.717) is 24.3 Å². The summed E-state index contributed by atoms with van der Waals surface area (Å²) in [5.41, 5.74) is 2.95. The standard InChI is InChI=1S/C24H32N4O3S/c1-19-7-6-8-20(17-19)24(29)25-22-18-21(32(30,31)28-11-4-3-5-12-28)9-10-23(22)27-15-13-26(2)14-16-27/h6-10,17-18H,3-5,11-16H2,1-2H3,(H,25,29). The van der Waals surface area contributed by atoms with Crippen LogP contribution >= 0.6 is 0 Å². The molecule has 0 radical (unpaired) electrons. The summed E-state index contributed by atoms with van der Waals surface area (Å²) in [7, 11) is -1.50. The van der Waals surface area contributed by atoms with Gasteiger partial charge < -0.3 is 15.1 Å². The fourth-order valence-corrected chi connectivity index (χ4v) is 5.88. The van der Waals surface area contributed by atoms with E-state index in [0.717, 1.165) is 56.7 Å². The molecule has 8 heteroatoms. The molecular weight excluding hydrogens is 424 g/mol. The molecule has 0 unspecified atom stereocenters. The molecule has 2 aliphatic rings. The molecule has 0 spiro atoms. The number of hydrogen-bond acceptors (Lipinski definition) is 5. The fourth-order valence-electron chi connectivity index (χ4n) is 4.33. The highest BCUT2D eigenvalue weighted by Gasteiger charge is 2.28. The lowest BCUT2D eigenvalue weighted by Gasteiger charge is -2.35. The molecule has 2 fully saturated rings.